The van der Waals surface area contributed by atoms with Gasteiger partial charge in [-0.2, -0.15) is 4.41 Å². The Labute approximate surface area is 116 Å². The molecule has 108 valence electrons. The van der Waals surface area contributed by atoms with Crippen molar-refractivity contribution in [1.29, 1.82) is 0 Å². The van der Waals surface area contributed by atoms with Gasteiger partial charge in [0, 0.05) is 12.1 Å². The van der Waals surface area contributed by atoms with Crippen molar-refractivity contribution in [2.24, 2.45) is 4.41 Å². The highest BCUT2D eigenvalue weighted by Crippen LogP contribution is 2.47. The Hall–Kier alpha value is 0.237. The second-order valence-electron chi connectivity index (χ2n) is 7.38. The molecule has 3 nitrogen and oxygen atoms in total. The Kier molecular flexibility index (Phi) is 6.69. The first-order valence-corrected chi connectivity index (χ1v) is 11.5. The van der Waals surface area contributed by atoms with E-state index >= 15 is 0 Å². The normalized spacial score (nSPS) is 15.1. The topological polar surface area (TPSA) is 29.7 Å². The first-order chi connectivity index (χ1) is 7.83. The van der Waals surface area contributed by atoms with E-state index in [1.54, 1.807) is 0 Å². The maximum Gasteiger partial charge on any atom is 0.230 e. The molecule has 1 unspecified atom stereocenters. The molecule has 5 heteroatoms. The van der Waals surface area contributed by atoms with Crippen LogP contribution >= 0.6 is 8.01 Å². The summed E-state index contributed by atoms with van der Waals surface area (Å²) in [7, 11) is -2.19. The summed E-state index contributed by atoms with van der Waals surface area (Å²) in [6.45, 7) is 22.3. The Balaban J connectivity index is 5.38. The highest BCUT2D eigenvalue weighted by molar-refractivity contribution is 7.49. The van der Waals surface area contributed by atoms with Gasteiger partial charge in [0.1, 0.15) is 0 Å². The van der Waals surface area contributed by atoms with Crippen LogP contribution in [0.15, 0.2) is 4.41 Å². The van der Waals surface area contributed by atoms with E-state index in [2.05, 4.69) is 72.8 Å². The molecule has 0 aromatic heterocycles. The van der Waals surface area contributed by atoms with Crippen LogP contribution in [0.25, 0.3) is 5.09 Å². The predicted molar refractivity (Wildman–Crippen MR) is 87.9 cm³/mol. The molecule has 0 aliphatic carbocycles. The first kappa shape index (κ1) is 18.2. The summed E-state index contributed by atoms with van der Waals surface area (Å²) in [6.07, 6.45) is 0. The summed E-state index contributed by atoms with van der Waals surface area (Å²) >= 11 is 0. The molecule has 0 saturated heterocycles. The van der Waals surface area contributed by atoms with E-state index in [1.165, 1.54) is 0 Å². The average Bonchev–Trinajstić information content (AvgIpc) is 1.93. The second kappa shape index (κ2) is 6.60. The molecule has 0 N–H and O–H groups in total. The number of hydrogen-bond acceptors (Lipinski definition) is 1. The minimum atomic E-state index is -1.46. The van der Waals surface area contributed by atoms with Crippen LogP contribution in [0.2, 0.25) is 19.6 Å². The van der Waals surface area contributed by atoms with Crippen LogP contribution in [0, 0.1) is 0 Å². The lowest BCUT2D eigenvalue weighted by Gasteiger charge is -2.35. The zero-order valence-electron chi connectivity index (χ0n) is 13.9. The van der Waals surface area contributed by atoms with E-state index in [4.69, 9.17) is 9.50 Å². The third-order valence-electron chi connectivity index (χ3n) is 2.04. The second-order valence-corrected chi connectivity index (χ2v) is 13.7. The Morgan fingerprint density at radius 2 is 1.39 bits per heavy atom. The van der Waals surface area contributed by atoms with E-state index in [9.17, 15) is 0 Å². The van der Waals surface area contributed by atoms with Crippen LogP contribution in [0.4, 0.5) is 0 Å². The van der Waals surface area contributed by atoms with Crippen molar-refractivity contribution in [3.63, 3.8) is 0 Å². The smallest absolute Gasteiger partial charge is 0.230 e. The molecule has 0 aromatic rings. The Bertz CT molecular complexity index is 280. The van der Waals surface area contributed by atoms with Crippen LogP contribution in [0.1, 0.15) is 48.5 Å². The molecule has 0 spiro atoms. The van der Waals surface area contributed by atoms with Crippen molar-refractivity contribution in [1.82, 2.24) is 4.67 Å². The molecular formula is C13H32N3PSi. The lowest BCUT2D eigenvalue weighted by atomic mass is 10.1. The third-order valence-corrected chi connectivity index (χ3v) is 7.27. The molecular weight excluding hydrogens is 257 g/mol. The van der Waals surface area contributed by atoms with Gasteiger partial charge in [-0.15, -0.1) is 4.67 Å². The van der Waals surface area contributed by atoms with Gasteiger partial charge in [-0.3, -0.25) is 0 Å². The molecule has 0 rings (SSSR count). The summed E-state index contributed by atoms with van der Waals surface area (Å²) in [5, 5.41) is 5.00. The van der Waals surface area contributed by atoms with Gasteiger partial charge in [-0.25, -0.2) is 0 Å². The van der Waals surface area contributed by atoms with Gasteiger partial charge in [0.15, 0.2) is 0 Å². The maximum absolute atomic E-state index is 5.10. The van der Waals surface area contributed by atoms with E-state index in [-0.39, 0.29) is 5.54 Å². The SMILES string of the molecule is CC(C)N(C(C)C)[P+](=N[Si](C)(C)C)[N-]C(C)(C)C. The number of rotatable bonds is 5. The highest BCUT2D eigenvalue weighted by atomic mass is 31.1. The van der Waals surface area contributed by atoms with Gasteiger partial charge in [0.05, 0.1) is 0 Å². The lowest BCUT2D eigenvalue weighted by molar-refractivity contribution is 0.326. The lowest BCUT2D eigenvalue weighted by Crippen LogP contribution is -2.32. The van der Waals surface area contributed by atoms with E-state index in [0.29, 0.717) is 12.1 Å². The van der Waals surface area contributed by atoms with Gasteiger partial charge in [-0.05, 0) is 47.3 Å². The highest BCUT2D eigenvalue weighted by Gasteiger charge is 2.29. The molecule has 0 aromatic carbocycles. The van der Waals surface area contributed by atoms with Crippen molar-refractivity contribution >= 4 is 16.3 Å². The third kappa shape index (κ3) is 7.62. The fourth-order valence-electron chi connectivity index (χ4n) is 1.67. The van der Waals surface area contributed by atoms with E-state index in [1.807, 2.05) is 0 Å². The summed E-state index contributed by atoms with van der Waals surface area (Å²) in [5.74, 6) is 0. The minimum Gasteiger partial charge on any atom is -0.397 e. The van der Waals surface area contributed by atoms with Crippen molar-refractivity contribution in [2.45, 2.75) is 85.7 Å². The summed E-state index contributed by atoms with van der Waals surface area (Å²) in [4.78, 5) is 0. The van der Waals surface area contributed by atoms with Crippen molar-refractivity contribution < 1.29 is 0 Å². The first-order valence-electron chi connectivity index (χ1n) is 6.87. The van der Waals surface area contributed by atoms with Gasteiger partial charge in [0.25, 0.3) is 0 Å². The summed E-state index contributed by atoms with van der Waals surface area (Å²) in [5.41, 5.74) is -0.0170. The zero-order valence-corrected chi connectivity index (χ0v) is 15.8. The number of hydrogen-bond donors (Lipinski definition) is 0. The molecule has 0 aliphatic heterocycles. The molecule has 0 radical (unpaired) electrons. The fraction of sp³-hybridized carbons (Fsp3) is 1.00. The quantitative estimate of drug-likeness (QED) is 0.478. The molecule has 0 saturated carbocycles. The van der Waals surface area contributed by atoms with Gasteiger partial charge in [0.2, 0.25) is 16.3 Å². The van der Waals surface area contributed by atoms with Crippen molar-refractivity contribution in [2.75, 3.05) is 0 Å². The van der Waals surface area contributed by atoms with Crippen LogP contribution < -0.4 is 0 Å². The maximum atomic E-state index is 5.10. The zero-order chi connectivity index (χ0) is 14.7. The Morgan fingerprint density at radius 3 is 1.61 bits per heavy atom. The summed E-state index contributed by atoms with van der Waals surface area (Å²) in [6, 6.07) is 0.977. The van der Waals surface area contributed by atoms with Gasteiger partial charge in [-0.1, -0.05) is 26.3 Å². The average molecular weight is 289 g/mol. The van der Waals surface area contributed by atoms with E-state index in [0.717, 1.165) is 0 Å². The van der Waals surface area contributed by atoms with E-state index < -0.39 is 16.3 Å². The number of nitrogens with zero attached hydrogens (tertiary/aromatic N) is 3. The van der Waals surface area contributed by atoms with Gasteiger partial charge >= 0.3 is 0 Å². The predicted octanol–water partition coefficient (Wildman–Crippen LogP) is 5.61. The molecule has 18 heavy (non-hydrogen) atoms. The molecule has 0 amide bonds. The minimum absolute atomic E-state index is 0.0170. The van der Waals surface area contributed by atoms with Crippen molar-refractivity contribution in [3.05, 3.63) is 5.09 Å². The summed E-state index contributed by atoms with van der Waals surface area (Å²) < 4.78 is 7.57. The van der Waals surface area contributed by atoms with Crippen molar-refractivity contribution in [3.8, 4) is 0 Å². The van der Waals surface area contributed by atoms with Crippen LogP contribution in [0.5, 0.6) is 0 Å². The van der Waals surface area contributed by atoms with Crippen LogP contribution in [-0.2, 0) is 0 Å². The van der Waals surface area contributed by atoms with Crippen LogP contribution in [-0.4, -0.2) is 30.5 Å². The molecule has 0 aliphatic rings. The monoisotopic (exact) mass is 289 g/mol. The molecule has 1 atom stereocenters. The van der Waals surface area contributed by atoms with Gasteiger partial charge < -0.3 is 5.09 Å². The standard InChI is InChI=1S/C13H32N3PSi/c1-11(2)16(12(3)4)17(14-13(5,6)7)15-18(8,9)10/h11-12H,1-10H3. The molecule has 0 heterocycles. The Morgan fingerprint density at radius 1 is 1.00 bits per heavy atom. The molecule has 0 fully saturated rings. The van der Waals surface area contributed by atoms with Crippen LogP contribution in [0.3, 0.4) is 0 Å². The molecule has 0 bridgehead atoms. The largest absolute Gasteiger partial charge is 0.397 e. The fourth-order valence-corrected chi connectivity index (χ4v) is 5.88.